The second-order valence-corrected chi connectivity index (χ2v) is 5.99. The first-order valence-corrected chi connectivity index (χ1v) is 7.06. The molecule has 0 aromatic heterocycles. The molecule has 0 saturated heterocycles. The van der Waals surface area contributed by atoms with Crippen molar-refractivity contribution >= 4 is 0 Å². The molecule has 0 aliphatic carbocycles. The van der Waals surface area contributed by atoms with Gasteiger partial charge in [-0.2, -0.15) is 0 Å². The van der Waals surface area contributed by atoms with Crippen LogP contribution in [0.15, 0.2) is 24.3 Å². The predicted octanol–water partition coefficient (Wildman–Crippen LogP) is 2.91. The Morgan fingerprint density at radius 1 is 1.16 bits per heavy atom. The van der Waals surface area contributed by atoms with Crippen LogP contribution in [-0.4, -0.2) is 37.2 Å². The molecule has 0 heterocycles. The number of likely N-dealkylation sites (N-methyl/N-ethyl adjacent to an activating group) is 1. The molecule has 19 heavy (non-hydrogen) atoms. The summed E-state index contributed by atoms with van der Waals surface area (Å²) in [5.41, 5.74) is 1.52. The van der Waals surface area contributed by atoms with Gasteiger partial charge in [-0.15, -0.1) is 0 Å². The van der Waals surface area contributed by atoms with Crippen LogP contribution in [0.25, 0.3) is 0 Å². The summed E-state index contributed by atoms with van der Waals surface area (Å²) in [5, 5.41) is 3.50. The molecule has 0 amide bonds. The van der Waals surface area contributed by atoms with E-state index < -0.39 is 0 Å². The molecule has 1 N–H and O–H groups in total. The topological polar surface area (TPSA) is 24.5 Å². The average Bonchev–Trinajstić information content (AvgIpc) is 2.30. The van der Waals surface area contributed by atoms with E-state index >= 15 is 0 Å². The van der Waals surface area contributed by atoms with E-state index in [1.54, 1.807) is 0 Å². The number of ether oxygens (including phenoxy) is 1. The van der Waals surface area contributed by atoms with Crippen LogP contribution < -0.4 is 10.1 Å². The molecule has 0 fully saturated rings. The molecule has 1 aromatic carbocycles. The van der Waals surface area contributed by atoms with Crippen molar-refractivity contribution in [3.8, 4) is 5.75 Å². The Morgan fingerprint density at radius 3 is 2.32 bits per heavy atom. The Morgan fingerprint density at radius 2 is 1.79 bits per heavy atom. The third-order valence-corrected chi connectivity index (χ3v) is 2.84. The van der Waals surface area contributed by atoms with E-state index in [1.165, 1.54) is 5.56 Å². The minimum absolute atomic E-state index is 0.194. The molecule has 108 valence electrons. The van der Waals surface area contributed by atoms with Gasteiger partial charge in [-0.05, 0) is 52.4 Å². The zero-order chi connectivity index (χ0) is 14.3. The van der Waals surface area contributed by atoms with Gasteiger partial charge in [-0.25, -0.2) is 0 Å². The third-order valence-electron chi connectivity index (χ3n) is 2.84. The molecule has 1 aromatic rings. The highest BCUT2D eigenvalue weighted by Gasteiger charge is 2.08. The smallest absolute Gasteiger partial charge is 0.119 e. The van der Waals surface area contributed by atoms with Gasteiger partial charge in [-0.3, -0.25) is 0 Å². The Hall–Kier alpha value is -1.06. The fourth-order valence-corrected chi connectivity index (χ4v) is 1.87. The second-order valence-electron chi connectivity index (χ2n) is 5.99. The number of rotatable bonds is 7. The summed E-state index contributed by atoms with van der Waals surface area (Å²) in [6.07, 6.45) is 0. The molecule has 0 saturated carbocycles. The Kier molecular flexibility index (Phi) is 6.32. The van der Waals surface area contributed by atoms with Gasteiger partial charge >= 0.3 is 0 Å². The quantitative estimate of drug-likeness (QED) is 0.819. The molecule has 0 radical (unpaired) electrons. The summed E-state index contributed by atoms with van der Waals surface area (Å²) in [5.74, 6) is 0.948. The van der Waals surface area contributed by atoms with Crippen LogP contribution in [0.2, 0.25) is 0 Å². The number of hydrogen-bond donors (Lipinski definition) is 1. The zero-order valence-corrected chi connectivity index (χ0v) is 13.0. The molecule has 3 heteroatoms. The molecule has 0 aliphatic heterocycles. The van der Waals surface area contributed by atoms with Crippen molar-refractivity contribution in [3.05, 3.63) is 29.8 Å². The van der Waals surface area contributed by atoms with Crippen molar-refractivity contribution in [3.63, 3.8) is 0 Å². The van der Waals surface area contributed by atoms with Crippen molar-refractivity contribution in [2.24, 2.45) is 0 Å². The molecule has 0 unspecified atom stereocenters. The SMILES string of the molecule is CCOc1ccc(CN(C)CCNC(C)(C)C)cc1. The highest BCUT2D eigenvalue weighted by molar-refractivity contribution is 5.27. The van der Waals surface area contributed by atoms with Gasteiger partial charge < -0.3 is 15.0 Å². The molecule has 0 aliphatic rings. The van der Waals surface area contributed by atoms with E-state index in [9.17, 15) is 0 Å². The van der Waals surface area contributed by atoms with Gasteiger partial charge in [0.15, 0.2) is 0 Å². The van der Waals surface area contributed by atoms with E-state index in [0.717, 1.165) is 32.0 Å². The van der Waals surface area contributed by atoms with Crippen LogP contribution in [0.1, 0.15) is 33.3 Å². The van der Waals surface area contributed by atoms with Crippen LogP contribution in [0.3, 0.4) is 0 Å². The highest BCUT2D eigenvalue weighted by atomic mass is 16.5. The van der Waals surface area contributed by atoms with Gasteiger partial charge in [0.1, 0.15) is 5.75 Å². The average molecular weight is 264 g/mol. The number of benzene rings is 1. The van der Waals surface area contributed by atoms with Gasteiger partial charge in [0.05, 0.1) is 6.61 Å². The van der Waals surface area contributed by atoms with E-state index in [4.69, 9.17) is 4.74 Å². The van der Waals surface area contributed by atoms with E-state index in [1.807, 2.05) is 19.1 Å². The monoisotopic (exact) mass is 264 g/mol. The van der Waals surface area contributed by atoms with Gasteiger partial charge in [0.2, 0.25) is 0 Å². The van der Waals surface area contributed by atoms with E-state index in [2.05, 4.69) is 50.2 Å². The molecular weight excluding hydrogens is 236 g/mol. The summed E-state index contributed by atoms with van der Waals surface area (Å²) in [4.78, 5) is 2.33. The van der Waals surface area contributed by atoms with Crippen molar-refractivity contribution in [1.29, 1.82) is 0 Å². The Bertz CT molecular complexity index is 354. The molecule has 0 atom stereocenters. The van der Waals surface area contributed by atoms with Gasteiger partial charge in [-0.1, -0.05) is 12.1 Å². The lowest BCUT2D eigenvalue weighted by Crippen LogP contribution is -2.40. The van der Waals surface area contributed by atoms with Gasteiger partial charge in [0.25, 0.3) is 0 Å². The first-order chi connectivity index (χ1) is 8.90. The van der Waals surface area contributed by atoms with E-state index in [0.29, 0.717) is 0 Å². The lowest BCUT2D eigenvalue weighted by Gasteiger charge is -2.23. The molecule has 0 spiro atoms. The summed E-state index contributed by atoms with van der Waals surface area (Å²) in [7, 11) is 2.15. The summed E-state index contributed by atoms with van der Waals surface area (Å²) in [6.45, 7) is 12.3. The Labute approximate surface area is 118 Å². The predicted molar refractivity (Wildman–Crippen MR) is 81.7 cm³/mol. The van der Waals surface area contributed by atoms with Crippen molar-refractivity contribution in [2.45, 2.75) is 39.8 Å². The van der Waals surface area contributed by atoms with E-state index in [-0.39, 0.29) is 5.54 Å². The van der Waals surface area contributed by atoms with Crippen molar-refractivity contribution < 1.29 is 4.74 Å². The molecular formula is C16H28N2O. The highest BCUT2D eigenvalue weighted by Crippen LogP contribution is 2.13. The summed E-state index contributed by atoms with van der Waals surface area (Å²) < 4.78 is 5.44. The normalized spacial score (nSPS) is 11.9. The third kappa shape index (κ3) is 7.19. The molecule has 1 rings (SSSR count). The number of nitrogens with zero attached hydrogens (tertiary/aromatic N) is 1. The second kappa shape index (κ2) is 7.51. The number of hydrogen-bond acceptors (Lipinski definition) is 3. The molecule has 0 bridgehead atoms. The van der Waals surface area contributed by atoms with Crippen LogP contribution in [0.5, 0.6) is 5.75 Å². The van der Waals surface area contributed by atoms with Crippen molar-refractivity contribution in [2.75, 3.05) is 26.7 Å². The summed E-state index contributed by atoms with van der Waals surface area (Å²) >= 11 is 0. The number of nitrogens with one attached hydrogen (secondary N) is 1. The first-order valence-electron chi connectivity index (χ1n) is 7.06. The fourth-order valence-electron chi connectivity index (χ4n) is 1.87. The maximum Gasteiger partial charge on any atom is 0.119 e. The minimum Gasteiger partial charge on any atom is -0.494 e. The minimum atomic E-state index is 0.194. The zero-order valence-electron chi connectivity index (χ0n) is 13.0. The van der Waals surface area contributed by atoms with Crippen LogP contribution in [-0.2, 0) is 6.54 Å². The maximum atomic E-state index is 5.44. The van der Waals surface area contributed by atoms with Crippen molar-refractivity contribution in [1.82, 2.24) is 10.2 Å². The standard InChI is InChI=1S/C16H28N2O/c1-6-19-15-9-7-14(8-10-15)13-18(5)12-11-17-16(2,3)4/h7-10,17H,6,11-13H2,1-5H3. The Balaban J connectivity index is 2.33. The maximum absolute atomic E-state index is 5.44. The summed E-state index contributed by atoms with van der Waals surface area (Å²) in [6, 6.07) is 8.36. The fraction of sp³-hybridized carbons (Fsp3) is 0.625. The lowest BCUT2D eigenvalue weighted by atomic mass is 10.1. The molecule has 3 nitrogen and oxygen atoms in total. The van der Waals surface area contributed by atoms with Crippen LogP contribution in [0, 0.1) is 0 Å². The first kappa shape index (κ1) is 16.0. The van der Waals surface area contributed by atoms with Crippen LogP contribution >= 0.6 is 0 Å². The lowest BCUT2D eigenvalue weighted by molar-refractivity contribution is 0.303. The largest absolute Gasteiger partial charge is 0.494 e. The van der Waals surface area contributed by atoms with Gasteiger partial charge in [0, 0.05) is 25.2 Å². The van der Waals surface area contributed by atoms with Crippen LogP contribution in [0.4, 0.5) is 0 Å².